The zero-order valence-corrected chi connectivity index (χ0v) is 9.88. The van der Waals surface area contributed by atoms with E-state index in [1.165, 1.54) is 0 Å². The van der Waals surface area contributed by atoms with E-state index in [9.17, 15) is 4.79 Å². The maximum absolute atomic E-state index is 11.9. The van der Waals surface area contributed by atoms with Gasteiger partial charge in [-0.3, -0.25) is 0 Å². The van der Waals surface area contributed by atoms with Crippen LogP contribution in [0.5, 0.6) is 0 Å². The van der Waals surface area contributed by atoms with Crippen LogP contribution in [-0.2, 0) is 0 Å². The molecule has 0 aromatic rings. The minimum absolute atomic E-state index is 0.0499. The lowest BCUT2D eigenvalue weighted by atomic mass is 10.00. The van der Waals surface area contributed by atoms with E-state index in [1.807, 2.05) is 4.90 Å². The van der Waals surface area contributed by atoms with Crippen LogP contribution < -0.4 is 11.1 Å². The number of rotatable bonds is 4. The summed E-state index contributed by atoms with van der Waals surface area (Å²) in [5.74, 6) is 0. The molecule has 1 rings (SSSR count). The van der Waals surface area contributed by atoms with Crippen molar-refractivity contribution >= 4 is 6.03 Å². The van der Waals surface area contributed by atoms with E-state index in [1.54, 1.807) is 0 Å². The molecule has 1 heterocycles. The average Bonchev–Trinajstić information content (AvgIpc) is 2.61. The SMILES string of the molecule is CCCCNC(=O)N1CCCC1(C)CN. The normalized spacial score (nSPS) is 25.7. The molecule has 4 heteroatoms. The fourth-order valence-electron chi connectivity index (χ4n) is 2.05. The number of urea groups is 1. The van der Waals surface area contributed by atoms with Gasteiger partial charge >= 0.3 is 6.03 Å². The molecule has 15 heavy (non-hydrogen) atoms. The molecule has 1 aliphatic rings. The molecule has 0 aliphatic carbocycles. The molecule has 1 atom stereocenters. The topological polar surface area (TPSA) is 58.4 Å². The number of likely N-dealkylation sites (tertiary alicyclic amines) is 1. The molecule has 1 saturated heterocycles. The standard InChI is InChI=1S/C11H23N3O/c1-3-4-7-13-10(15)14-8-5-6-11(14,2)9-12/h3-9,12H2,1-2H3,(H,13,15). The van der Waals surface area contributed by atoms with Crippen molar-refractivity contribution < 1.29 is 4.79 Å². The van der Waals surface area contributed by atoms with Crippen molar-refractivity contribution in [3.05, 3.63) is 0 Å². The van der Waals surface area contributed by atoms with Crippen LogP contribution in [0.2, 0.25) is 0 Å². The van der Waals surface area contributed by atoms with Gasteiger partial charge in [-0.25, -0.2) is 4.79 Å². The fourth-order valence-corrected chi connectivity index (χ4v) is 2.05. The molecule has 1 fully saturated rings. The molecular formula is C11H23N3O. The molecule has 0 saturated carbocycles. The van der Waals surface area contributed by atoms with E-state index in [0.29, 0.717) is 6.54 Å². The van der Waals surface area contributed by atoms with Gasteiger partial charge < -0.3 is 16.0 Å². The van der Waals surface area contributed by atoms with E-state index in [0.717, 1.165) is 38.8 Å². The van der Waals surface area contributed by atoms with Crippen LogP contribution in [0.3, 0.4) is 0 Å². The van der Waals surface area contributed by atoms with Crippen molar-refractivity contribution in [1.82, 2.24) is 10.2 Å². The van der Waals surface area contributed by atoms with Crippen LogP contribution in [0, 0.1) is 0 Å². The lowest BCUT2D eigenvalue weighted by molar-refractivity contribution is 0.159. The fraction of sp³-hybridized carbons (Fsp3) is 0.909. The monoisotopic (exact) mass is 213 g/mol. The Balaban J connectivity index is 2.44. The Labute approximate surface area is 92.2 Å². The van der Waals surface area contributed by atoms with Gasteiger partial charge in [-0.15, -0.1) is 0 Å². The molecule has 0 bridgehead atoms. The Morgan fingerprint density at radius 1 is 1.60 bits per heavy atom. The minimum atomic E-state index is -0.129. The Morgan fingerprint density at radius 3 is 2.93 bits per heavy atom. The zero-order chi connectivity index (χ0) is 11.3. The predicted molar refractivity (Wildman–Crippen MR) is 61.7 cm³/mol. The highest BCUT2D eigenvalue weighted by Gasteiger charge is 2.38. The van der Waals surface area contributed by atoms with E-state index < -0.39 is 0 Å². The Bertz CT molecular complexity index is 220. The third-order valence-corrected chi connectivity index (χ3v) is 3.24. The van der Waals surface area contributed by atoms with Crippen LogP contribution in [0.15, 0.2) is 0 Å². The largest absolute Gasteiger partial charge is 0.338 e. The first-order valence-electron chi connectivity index (χ1n) is 5.89. The summed E-state index contributed by atoms with van der Waals surface area (Å²) in [6.45, 7) is 6.34. The lowest BCUT2D eigenvalue weighted by Gasteiger charge is -2.34. The van der Waals surface area contributed by atoms with Gasteiger partial charge in [-0.05, 0) is 26.2 Å². The molecular weight excluding hydrogens is 190 g/mol. The second-order valence-corrected chi connectivity index (χ2v) is 4.54. The van der Waals surface area contributed by atoms with Gasteiger partial charge in [-0.2, -0.15) is 0 Å². The number of nitrogens with zero attached hydrogens (tertiary/aromatic N) is 1. The molecule has 0 radical (unpaired) electrons. The van der Waals surface area contributed by atoms with Gasteiger partial charge in [-0.1, -0.05) is 13.3 Å². The Hall–Kier alpha value is -0.770. The van der Waals surface area contributed by atoms with Gasteiger partial charge in [0, 0.05) is 19.6 Å². The number of carbonyl (C=O) groups excluding carboxylic acids is 1. The van der Waals surface area contributed by atoms with Crippen LogP contribution in [0.1, 0.15) is 39.5 Å². The van der Waals surface area contributed by atoms with Crippen molar-refractivity contribution in [2.24, 2.45) is 5.73 Å². The van der Waals surface area contributed by atoms with E-state index >= 15 is 0 Å². The van der Waals surface area contributed by atoms with Gasteiger partial charge in [0.2, 0.25) is 0 Å². The maximum Gasteiger partial charge on any atom is 0.317 e. The molecule has 0 aromatic carbocycles. The summed E-state index contributed by atoms with van der Waals surface area (Å²) in [7, 11) is 0. The minimum Gasteiger partial charge on any atom is -0.338 e. The average molecular weight is 213 g/mol. The summed E-state index contributed by atoms with van der Waals surface area (Å²) in [5, 5.41) is 2.95. The van der Waals surface area contributed by atoms with Crippen molar-refractivity contribution in [2.45, 2.75) is 45.1 Å². The molecule has 0 aromatic heterocycles. The highest BCUT2D eigenvalue weighted by molar-refractivity contribution is 5.75. The lowest BCUT2D eigenvalue weighted by Crippen LogP contribution is -2.53. The Kier molecular flexibility index (Phi) is 4.39. The first kappa shape index (κ1) is 12.3. The van der Waals surface area contributed by atoms with Crippen molar-refractivity contribution in [1.29, 1.82) is 0 Å². The van der Waals surface area contributed by atoms with Crippen LogP contribution in [-0.4, -0.2) is 36.1 Å². The van der Waals surface area contributed by atoms with Crippen molar-refractivity contribution in [3.63, 3.8) is 0 Å². The second-order valence-electron chi connectivity index (χ2n) is 4.54. The number of hydrogen-bond acceptors (Lipinski definition) is 2. The van der Waals surface area contributed by atoms with E-state index in [2.05, 4.69) is 19.2 Å². The van der Waals surface area contributed by atoms with E-state index in [-0.39, 0.29) is 11.6 Å². The highest BCUT2D eigenvalue weighted by atomic mass is 16.2. The predicted octanol–water partition coefficient (Wildman–Crippen LogP) is 1.31. The maximum atomic E-state index is 11.9. The number of carbonyl (C=O) groups is 1. The van der Waals surface area contributed by atoms with Crippen molar-refractivity contribution in [3.8, 4) is 0 Å². The van der Waals surface area contributed by atoms with Crippen LogP contribution in [0.25, 0.3) is 0 Å². The van der Waals surface area contributed by atoms with Crippen LogP contribution in [0.4, 0.5) is 4.79 Å². The van der Waals surface area contributed by atoms with Gasteiger partial charge in [0.05, 0.1) is 5.54 Å². The summed E-state index contributed by atoms with van der Waals surface area (Å²) in [6.07, 6.45) is 4.23. The first-order valence-corrected chi connectivity index (χ1v) is 5.89. The molecule has 2 amide bonds. The molecule has 3 N–H and O–H groups in total. The van der Waals surface area contributed by atoms with Gasteiger partial charge in [0.25, 0.3) is 0 Å². The third-order valence-electron chi connectivity index (χ3n) is 3.24. The summed E-state index contributed by atoms with van der Waals surface area (Å²) < 4.78 is 0. The van der Waals surface area contributed by atoms with Crippen molar-refractivity contribution in [2.75, 3.05) is 19.6 Å². The quantitative estimate of drug-likeness (QED) is 0.692. The van der Waals surface area contributed by atoms with Crippen LogP contribution >= 0.6 is 0 Å². The number of nitrogens with two attached hydrogens (primary N) is 1. The zero-order valence-electron chi connectivity index (χ0n) is 9.88. The summed E-state index contributed by atoms with van der Waals surface area (Å²) in [4.78, 5) is 13.7. The van der Waals surface area contributed by atoms with E-state index in [4.69, 9.17) is 5.73 Å². The molecule has 4 nitrogen and oxygen atoms in total. The van der Waals surface area contributed by atoms with Gasteiger partial charge in [0.15, 0.2) is 0 Å². The first-order chi connectivity index (χ1) is 7.14. The molecule has 88 valence electrons. The second kappa shape index (κ2) is 5.35. The summed E-state index contributed by atoms with van der Waals surface area (Å²) in [5.41, 5.74) is 5.60. The van der Waals surface area contributed by atoms with Gasteiger partial charge in [0.1, 0.15) is 0 Å². The molecule has 0 spiro atoms. The number of hydrogen-bond donors (Lipinski definition) is 2. The molecule has 1 aliphatic heterocycles. The third kappa shape index (κ3) is 2.84. The smallest absolute Gasteiger partial charge is 0.317 e. The highest BCUT2D eigenvalue weighted by Crippen LogP contribution is 2.27. The number of unbranched alkanes of at least 4 members (excludes halogenated alkanes) is 1. The molecule has 1 unspecified atom stereocenters. The summed E-state index contributed by atoms with van der Waals surface area (Å²) >= 11 is 0. The Morgan fingerprint density at radius 2 is 2.33 bits per heavy atom. The number of amides is 2. The summed E-state index contributed by atoms with van der Waals surface area (Å²) in [6, 6.07) is 0.0499. The number of nitrogens with one attached hydrogen (secondary N) is 1.